The molecule has 39 heavy (non-hydrogen) atoms. The minimum Gasteiger partial charge on any atom is -0.508 e. The molecule has 10 heteroatoms. The van der Waals surface area contributed by atoms with Crippen molar-refractivity contribution in [3.63, 3.8) is 0 Å². The summed E-state index contributed by atoms with van der Waals surface area (Å²) in [6, 6.07) is 6.81. The van der Waals surface area contributed by atoms with Gasteiger partial charge >= 0.3 is 0 Å². The molecule has 1 aromatic carbocycles. The van der Waals surface area contributed by atoms with Crippen LogP contribution in [0, 0.1) is 12.8 Å². The maximum absolute atomic E-state index is 14.1. The molecule has 2 heterocycles. The number of aliphatic imine (C=N–C) groups is 1. The lowest BCUT2D eigenvalue weighted by Gasteiger charge is -2.24. The first kappa shape index (κ1) is 27.8. The standard InChI is InChI=1S/C29H33F2N5O3/c1-15-8-26(39-29-21(30)6-5-7-22(29)31)35-13-20(15)16(2)17(3)28(33)25(14-34-4)38-27-11-18-10-24(37)19(12-32)9-23(18)36-27/h6,8-11,13-14,16-17,36-37H,5,7,12,32-33H2,1-4H3/b28-25-,34-14-. The highest BCUT2D eigenvalue weighted by Crippen LogP contribution is 2.34. The zero-order valence-electron chi connectivity index (χ0n) is 22.4. The molecular formula is C29H33F2N5O3. The first-order valence-corrected chi connectivity index (χ1v) is 12.7. The topological polar surface area (TPSA) is 132 Å². The predicted octanol–water partition coefficient (Wildman–Crippen LogP) is 5.93. The second-order valence-corrected chi connectivity index (χ2v) is 9.60. The van der Waals surface area contributed by atoms with E-state index in [2.05, 4.69) is 15.0 Å². The summed E-state index contributed by atoms with van der Waals surface area (Å²) in [7, 11) is 1.62. The van der Waals surface area contributed by atoms with Crippen LogP contribution in [-0.4, -0.2) is 28.3 Å². The number of hydrogen-bond acceptors (Lipinski definition) is 7. The fraction of sp³-hybridized carbons (Fsp3) is 0.310. The van der Waals surface area contributed by atoms with Gasteiger partial charge in [-0.05, 0) is 48.6 Å². The number of nitrogens with zero attached hydrogens (tertiary/aromatic N) is 2. The Morgan fingerprint density at radius 3 is 2.69 bits per heavy atom. The van der Waals surface area contributed by atoms with Crippen LogP contribution in [0.15, 0.2) is 70.4 Å². The number of nitrogens with one attached hydrogen (secondary N) is 1. The number of aromatic nitrogens is 2. The van der Waals surface area contributed by atoms with E-state index < -0.39 is 17.4 Å². The number of nitrogens with two attached hydrogens (primary N) is 2. The van der Waals surface area contributed by atoms with Crippen molar-refractivity contribution in [3.05, 3.63) is 82.1 Å². The lowest BCUT2D eigenvalue weighted by Crippen LogP contribution is -2.21. The molecule has 4 rings (SSSR count). The third-order valence-electron chi connectivity index (χ3n) is 6.98. The molecular weight excluding hydrogens is 504 g/mol. The third-order valence-corrected chi connectivity index (χ3v) is 6.98. The average Bonchev–Trinajstić information content (AvgIpc) is 3.29. The quantitative estimate of drug-likeness (QED) is 0.198. The van der Waals surface area contributed by atoms with Crippen molar-refractivity contribution in [1.29, 1.82) is 0 Å². The summed E-state index contributed by atoms with van der Waals surface area (Å²) in [5.74, 6) is -1.02. The summed E-state index contributed by atoms with van der Waals surface area (Å²) in [5.41, 5.74) is 15.9. The van der Waals surface area contributed by atoms with E-state index in [1.54, 1.807) is 43.7 Å². The van der Waals surface area contributed by atoms with Crippen molar-refractivity contribution in [1.82, 2.24) is 9.97 Å². The number of ether oxygens (including phenoxy) is 2. The zero-order valence-corrected chi connectivity index (χ0v) is 22.4. The Bertz CT molecular complexity index is 1510. The molecule has 0 aliphatic heterocycles. The van der Waals surface area contributed by atoms with Crippen LogP contribution < -0.4 is 20.9 Å². The van der Waals surface area contributed by atoms with Gasteiger partial charge in [-0.3, -0.25) is 4.99 Å². The van der Waals surface area contributed by atoms with Gasteiger partial charge in [0.2, 0.25) is 5.88 Å². The van der Waals surface area contributed by atoms with Gasteiger partial charge in [-0.1, -0.05) is 13.8 Å². The van der Waals surface area contributed by atoms with Crippen LogP contribution in [0.1, 0.15) is 49.3 Å². The van der Waals surface area contributed by atoms with Crippen LogP contribution >= 0.6 is 0 Å². The molecule has 0 saturated heterocycles. The van der Waals surface area contributed by atoms with Crippen molar-refractivity contribution in [3.8, 4) is 17.5 Å². The van der Waals surface area contributed by atoms with Crippen molar-refractivity contribution in [2.24, 2.45) is 22.4 Å². The Morgan fingerprint density at radius 1 is 1.26 bits per heavy atom. The van der Waals surface area contributed by atoms with Crippen LogP contribution in [0.2, 0.25) is 0 Å². The number of aryl methyl sites for hydroxylation is 1. The highest BCUT2D eigenvalue weighted by Gasteiger charge is 2.24. The van der Waals surface area contributed by atoms with Crippen molar-refractivity contribution in [2.75, 3.05) is 7.05 Å². The van der Waals surface area contributed by atoms with E-state index in [1.807, 2.05) is 20.8 Å². The molecule has 1 aliphatic carbocycles. The number of rotatable bonds is 9. The average molecular weight is 538 g/mol. The number of H-pyrrole nitrogens is 1. The first-order chi connectivity index (χ1) is 18.6. The van der Waals surface area contributed by atoms with E-state index in [4.69, 9.17) is 20.9 Å². The molecule has 6 N–H and O–H groups in total. The number of allylic oxidation sites excluding steroid dienone is 5. The Balaban J connectivity index is 1.56. The molecule has 8 nitrogen and oxygen atoms in total. The molecule has 0 fully saturated rings. The van der Waals surface area contributed by atoms with Gasteiger partial charge in [-0.25, -0.2) is 13.8 Å². The van der Waals surface area contributed by atoms with Crippen molar-refractivity contribution in [2.45, 2.75) is 46.1 Å². The number of hydrogen-bond donors (Lipinski definition) is 4. The summed E-state index contributed by atoms with van der Waals surface area (Å²) in [6.45, 7) is 6.06. The van der Waals surface area contributed by atoms with Crippen LogP contribution in [0.5, 0.6) is 17.5 Å². The second-order valence-electron chi connectivity index (χ2n) is 9.60. The fourth-order valence-electron chi connectivity index (χ4n) is 4.51. The Kier molecular flexibility index (Phi) is 8.35. The SMILES string of the molecule is C/N=C\C(Oc1cc2cc(O)c(CN)cc2[nH]1)=C(\N)C(C)C(C)c1cnc(OC2=C(F)CCC=C2F)cc1C. The van der Waals surface area contributed by atoms with Crippen LogP contribution in [0.3, 0.4) is 0 Å². The van der Waals surface area contributed by atoms with E-state index in [0.29, 0.717) is 29.3 Å². The Labute approximate surface area is 225 Å². The summed E-state index contributed by atoms with van der Waals surface area (Å²) in [6.07, 6.45) is 4.88. The Hall–Kier alpha value is -4.18. The number of pyridine rings is 1. The normalized spacial score (nSPS) is 16.3. The first-order valence-electron chi connectivity index (χ1n) is 12.7. The van der Waals surface area contributed by atoms with E-state index in [-0.39, 0.29) is 36.4 Å². The zero-order chi connectivity index (χ0) is 28.3. The van der Waals surface area contributed by atoms with Gasteiger partial charge in [0.25, 0.3) is 0 Å². The molecule has 0 spiro atoms. The molecule has 0 bridgehead atoms. The number of phenols is 1. The highest BCUT2D eigenvalue weighted by molar-refractivity contribution is 5.84. The second kappa shape index (κ2) is 11.7. The lowest BCUT2D eigenvalue weighted by molar-refractivity contribution is 0.351. The van der Waals surface area contributed by atoms with Crippen LogP contribution in [-0.2, 0) is 6.54 Å². The highest BCUT2D eigenvalue weighted by atomic mass is 19.1. The number of benzene rings is 1. The minimum absolute atomic E-state index is 0.0931. The maximum Gasteiger partial charge on any atom is 0.219 e. The van der Waals surface area contributed by atoms with Gasteiger partial charge in [-0.15, -0.1) is 0 Å². The third kappa shape index (κ3) is 5.96. The summed E-state index contributed by atoms with van der Waals surface area (Å²) < 4.78 is 39.7. The summed E-state index contributed by atoms with van der Waals surface area (Å²) >= 11 is 0. The number of halogens is 2. The minimum atomic E-state index is -0.723. The molecule has 0 radical (unpaired) electrons. The monoisotopic (exact) mass is 537 g/mol. The van der Waals surface area contributed by atoms with Gasteiger partial charge in [0.15, 0.2) is 23.2 Å². The van der Waals surface area contributed by atoms with E-state index in [9.17, 15) is 13.9 Å². The van der Waals surface area contributed by atoms with Gasteiger partial charge < -0.3 is 31.0 Å². The lowest BCUT2D eigenvalue weighted by atomic mass is 9.85. The largest absolute Gasteiger partial charge is 0.508 e. The maximum atomic E-state index is 14.1. The molecule has 2 aromatic heterocycles. The number of phenolic OH excluding ortho intramolecular Hbond substituents is 1. The van der Waals surface area contributed by atoms with Gasteiger partial charge in [0.1, 0.15) is 11.6 Å². The Morgan fingerprint density at radius 2 is 2.03 bits per heavy atom. The van der Waals surface area contributed by atoms with Gasteiger partial charge in [0.05, 0.1) is 11.9 Å². The number of aromatic amines is 1. The molecule has 0 saturated carbocycles. The van der Waals surface area contributed by atoms with E-state index >= 15 is 0 Å². The molecule has 1 aliphatic rings. The van der Waals surface area contributed by atoms with Gasteiger partial charge in [-0.2, -0.15) is 0 Å². The summed E-state index contributed by atoms with van der Waals surface area (Å²) in [5, 5.41) is 10.9. The molecule has 2 unspecified atom stereocenters. The number of fused-ring (bicyclic) bond motifs is 1. The predicted molar refractivity (Wildman–Crippen MR) is 148 cm³/mol. The van der Waals surface area contributed by atoms with Crippen LogP contribution in [0.4, 0.5) is 8.78 Å². The molecule has 3 aromatic rings. The number of aromatic hydroxyl groups is 1. The molecule has 2 atom stereocenters. The van der Waals surface area contributed by atoms with Crippen LogP contribution in [0.25, 0.3) is 10.9 Å². The smallest absolute Gasteiger partial charge is 0.219 e. The van der Waals surface area contributed by atoms with Gasteiger partial charge in [0, 0.05) is 60.7 Å². The molecule has 206 valence electrons. The van der Waals surface area contributed by atoms with Crippen molar-refractivity contribution >= 4 is 17.1 Å². The fourth-order valence-corrected chi connectivity index (χ4v) is 4.51. The summed E-state index contributed by atoms with van der Waals surface area (Å²) in [4.78, 5) is 11.6. The van der Waals surface area contributed by atoms with Crippen molar-refractivity contribution < 1.29 is 23.4 Å². The van der Waals surface area contributed by atoms with E-state index in [0.717, 1.165) is 22.0 Å². The molecule has 0 amide bonds. The van der Waals surface area contributed by atoms with E-state index in [1.165, 1.54) is 6.08 Å².